The van der Waals surface area contributed by atoms with Gasteiger partial charge in [0.05, 0.1) is 31.7 Å². The van der Waals surface area contributed by atoms with Crippen LogP contribution < -0.4 is 0 Å². The maximum Gasteiger partial charge on any atom is 0.0674 e. The zero-order chi connectivity index (χ0) is 11.0. The highest BCUT2D eigenvalue weighted by Crippen LogP contribution is 2.61. The summed E-state index contributed by atoms with van der Waals surface area (Å²) < 4.78 is 0. The molecule has 1 aliphatic heterocycles. The van der Waals surface area contributed by atoms with Gasteiger partial charge in [-0.2, -0.15) is 0 Å². The zero-order valence-corrected chi connectivity index (χ0v) is 11.3. The van der Waals surface area contributed by atoms with Crippen LogP contribution in [-0.2, 0) is 0 Å². The van der Waals surface area contributed by atoms with E-state index in [2.05, 4.69) is 37.4 Å². The fourth-order valence-corrected chi connectivity index (χ4v) is 4.39. The minimum atomic E-state index is -0.742. The average Bonchev–Trinajstić information content (AvgIpc) is 2.64. The van der Waals surface area contributed by atoms with E-state index in [0.29, 0.717) is 0 Å². The summed E-state index contributed by atoms with van der Waals surface area (Å²) >= 11 is 0. The van der Waals surface area contributed by atoms with E-state index in [1.165, 1.54) is 51.1 Å². The number of unbranched alkanes of at least 4 members (excludes halogenated alkanes) is 6. The molecular weight excluding hydrogens is 199 g/mol. The van der Waals surface area contributed by atoms with Crippen LogP contribution in [0.25, 0.3) is 0 Å². The molecule has 0 radical (unpaired) electrons. The van der Waals surface area contributed by atoms with Crippen molar-refractivity contribution in [3.63, 3.8) is 0 Å². The number of hydrogen-bond donors (Lipinski definition) is 0. The molecule has 1 heterocycles. The molecule has 0 bridgehead atoms. The van der Waals surface area contributed by atoms with Gasteiger partial charge in [-0.3, -0.25) is 0 Å². The molecule has 1 heteroatoms. The molecule has 0 N–H and O–H groups in total. The molecule has 1 aliphatic rings. The van der Waals surface area contributed by atoms with Gasteiger partial charge in [0.25, 0.3) is 0 Å². The highest BCUT2D eigenvalue weighted by molar-refractivity contribution is 7.81. The van der Waals surface area contributed by atoms with Crippen LogP contribution in [0.15, 0.2) is 23.8 Å². The highest BCUT2D eigenvalue weighted by Gasteiger charge is 2.26. The van der Waals surface area contributed by atoms with Crippen molar-refractivity contribution in [3.05, 3.63) is 23.8 Å². The van der Waals surface area contributed by atoms with E-state index in [0.717, 1.165) is 0 Å². The third-order valence-electron chi connectivity index (χ3n) is 3.21. The minimum Gasteiger partial charge on any atom is -0.0654 e. The Kier molecular flexibility index (Phi) is 6.25. The SMILES string of the molecule is CCCCCCCCC[P+]1(C)C=CC=C1. The summed E-state index contributed by atoms with van der Waals surface area (Å²) in [6.07, 6.45) is 15.9. The van der Waals surface area contributed by atoms with E-state index in [9.17, 15) is 0 Å². The van der Waals surface area contributed by atoms with Gasteiger partial charge < -0.3 is 0 Å². The second-order valence-electron chi connectivity index (χ2n) is 4.87. The van der Waals surface area contributed by atoms with Crippen LogP contribution in [-0.4, -0.2) is 12.8 Å². The van der Waals surface area contributed by atoms with Gasteiger partial charge in [-0.15, -0.1) is 0 Å². The molecule has 0 aliphatic carbocycles. The summed E-state index contributed by atoms with van der Waals surface area (Å²) in [6, 6.07) is 0. The molecule has 0 saturated carbocycles. The van der Waals surface area contributed by atoms with Crippen molar-refractivity contribution in [2.45, 2.75) is 51.9 Å². The Labute approximate surface area is 96.2 Å². The van der Waals surface area contributed by atoms with E-state index in [4.69, 9.17) is 0 Å². The fraction of sp³-hybridized carbons (Fsp3) is 0.714. The van der Waals surface area contributed by atoms with E-state index < -0.39 is 7.26 Å². The molecule has 15 heavy (non-hydrogen) atoms. The van der Waals surface area contributed by atoms with Gasteiger partial charge in [0.1, 0.15) is 0 Å². The molecule has 0 aromatic heterocycles. The lowest BCUT2D eigenvalue weighted by Crippen LogP contribution is -1.90. The molecule has 0 nitrogen and oxygen atoms in total. The van der Waals surface area contributed by atoms with E-state index in [-0.39, 0.29) is 0 Å². The maximum absolute atomic E-state index is 2.45. The Balaban J connectivity index is 1.93. The van der Waals surface area contributed by atoms with Crippen LogP contribution in [0, 0.1) is 0 Å². The van der Waals surface area contributed by atoms with Gasteiger partial charge in [-0.1, -0.05) is 39.0 Å². The van der Waals surface area contributed by atoms with Crippen molar-refractivity contribution < 1.29 is 0 Å². The lowest BCUT2D eigenvalue weighted by atomic mass is 10.1. The first-order valence-corrected chi connectivity index (χ1v) is 9.05. The normalized spacial score (nSPS) is 17.5. The molecule has 0 fully saturated rings. The first-order valence-electron chi connectivity index (χ1n) is 6.49. The summed E-state index contributed by atoms with van der Waals surface area (Å²) in [4.78, 5) is 0. The third kappa shape index (κ3) is 5.52. The molecule has 86 valence electrons. The summed E-state index contributed by atoms with van der Waals surface area (Å²) in [7, 11) is -0.742. The predicted octanol–water partition coefficient (Wildman–Crippen LogP) is 5.43. The fourth-order valence-electron chi connectivity index (χ4n) is 2.10. The van der Waals surface area contributed by atoms with Gasteiger partial charge in [-0.05, 0) is 25.0 Å². The first kappa shape index (κ1) is 13.0. The Morgan fingerprint density at radius 1 is 0.800 bits per heavy atom. The minimum absolute atomic E-state index is 0.742. The van der Waals surface area contributed by atoms with Crippen LogP contribution in [0.3, 0.4) is 0 Å². The lowest BCUT2D eigenvalue weighted by Gasteiger charge is -2.11. The second-order valence-corrected chi connectivity index (χ2v) is 8.61. The molecule has 0 spiro atoms. The summed E-state index contributed by atoms with van der Waals surface area (Å²) in [5.74, 6) is 4.90. The Morgan fingerprint density at radius 2 is 1.33 bits per heavy atom. The Morgan fingerprint density at radius 3 is 1.93 bits per heavy atom. The van der Waals surface area contributed by atoms with E-state index in [1.807, 2.05) is 0 Å². The molecular formula is C14H26P+. The predicted molar refractivity (Wildman–Crippen MR) is 74.0 cm³/mol. The standard InChI is InChI=1S/C14H26P/c1-3-4-5-6-7-8-9-12-15(2)13-10-11-14-15/h10-11,13-14H,3-9,12H2,1-2H3/q+1. The van der Waals surface area contributed by atoms with Crippen molar-refractivity contribution in [3.8, 4) is 0 Å². The summed E-state index contributed by atoms with van der Waals surface area (Å²) in [6.45, 7) is 4.73. The lowest BCUT2D eigenvalue weighted by molar-refractivity contribution is 0.603. The van der Waals surface area contributed by atoms with Crippen molar-refractivity contribution in [2.24, 2.45) is 0 Å². The maximum atomic E-state index is 2.45. The van der Waals surface area contributed by atoms with Crippen LogP contribution in [0.2, 0.25) is 0 Å². The van der Waals surface area contributed by atoms with Crippen LogP contribution in [0.4, 0.5) is 0 Å². The van der Waals surface area contributed by atoms with Gasteiger partial charge >= 0.3 is 0 Å². The number of hydrogen-bond acceptors (Lipinski definition) is 0. The first-order chi connectivity index (χ1) is 7.27. The molecule has 0 amide bonds. The van der Waals surface area contributed by atoms with Crippen LogP contribution in [0.1, 0.15) is 51.9 Å². The highest BCUT2D eigenvalue weighted by atomic mass is 31.2. The molecule has 0 aromatic carbocycles. The number of allylic oxidation sites excluding steroid dienone is 2. The van der Waals surface area contributed by atoms with Gasteiger partial charge in [0, 0.05) is 0 Å². The molecule has 0 aromatic rings. The zero-order valence-electron chi connectivity index (χ0n) is 10.4. The topological polar surface area (TPSA) is 0 Å². The summed E-state index contributed by atoms with van der Waals surface area (Å²) in [5, 5.41) is 0. The third-order valence-corrected chi connectivity index (χ3v) is 6.19. The number of rotatable bonds is 8. The Bertz CT molecular complexity index is 203. The van der Waals surface area contributed by atoms with Gasteiger partial charge in [-0.25, -0.2) is 0 Å². The van der Waals surface area contributed by atoms with Crippen LogP contribution in [0.5, 0.6) is 0 Å². The smallest absolute Gasteiger partial charge is 0.0654 e. The van der Waals surface area contributed by atoms with Crippen LogP contribution >= 0.6 is 7.26 Å². The van der Waals surface area contributed by atoms with Crippen molar-refractivity contribution in [1.29, 1.82) is 0 Å². The van der Waals surface area contributed by atoms with E-state index in [1.54, 1.807) is 0 Å². The largest absolute Gasteiger partial charge is 0.0674 e. The van der Waals surface area contributed by atoms with Gasteiger partial charge in [0.2, 0.25) is 0 Å². The molecule has 0 atom stereocenters. The van der Waals surface area contributed by atoms with Gasteiger partial charge in [0.15, 0.2) is 0 Å². The van der Waals surface area contributed by atoms with Crippen molar-refractivity contribution in [2.75, 3.05) is 12.8 Å². The summed E-state index contributed by atoms with van der Waals surface area (Å²) in [5.41, 5.74) is 0. The quantitative estimate of drug-likeness (QED) is 0.382. The van der Waals surface area contributed by atoms with Crippen molar-refractivity contribution >= 4 is 7.26 Å². The second kappa shape index (κ2) is 7.23. The molecule has 1 rings (SSSR count). The van der Waals surface area contributed by atoms with Crippen molar-refractivity contribution in [1.82, 2.24) is 0 Å². The Hall–Kier alpha value is -0.0900. The molecule has 0 unspecified atom stereocenters. The monoisotopic (exact) mass is 225 g/mol. The van der Waals surface area contributed by atoms with E-state index >= 15 is 0 Å². The average molecular weight is 225 g/mol. The molecule has 0 saturated heterocycles.